The number of nitrogens with zero attached hydrogens (tertiary/aromatic N) is 2. The summed E-state index contributed by atoms with van der Waals surface area (Å²) in [4.78, 5) is 7.58. The smallest absolute Gasteiger partial charge is 0.222 e. The molecule has 0 spiro atoms. The van der Waals surface area contributed by atoms with Crippen molar-refractivity contribution >= 4 is 46.4 Å². The molecule has 0 amide bonds. The van der Waals surface area contributed by atoms with E-state index in [1.165, 1.54) is 0 Å². The molecule has 0 aliphatic rings. The summed E-state index contributed by atoms with van der Waals surface area (Å²) in [5.41, 5.74) is 6.43. The summed E-state index contributed by atoms with van der Waals surface area (Å²) in [5.74, 6) is 1.27. The van der Waals surface area contributed by atoms with E-state index in [-0.39, 0.29) is 0 Å². The molecule has 0 saturated heterocycles. The molecule has 3 aromatic carbocycles. The number of hydrazone groups is 1. The minimum atomic E-state index is 0.331. The number of fused-ring (bicyclic) bond motifs is 1. The average molecular weight is 411 g/mol. The fourth-order valence-corrected chi connectivity index (χ4v) is 3.14. The van der Waals surface area contributed by atoms with Gasteiger partial charge in [0.25, 0.3) is 0 Å². The van der Waals surface area contributed by atoms with E-state index in [0.29, 0.717) is 28.3 Å². The summed E-state index contributed by atoms with van der Waals surface area (Å²) >= 11 is 12.1. The van der Waals surface area contributed by atoms with Crippen molar-refractivity contribution in [1.82, 2.24) is 9.97 Å². The summed E-state index contributed by atoms with van der Waals surface area (Å²) in [6, 6.07) is 20.8. The van der Waals surface area contributed by atoms with Gasteiger partial charge in [-0.3, -0.25) is 0 Å². The molecule has 0 unspecified atom stereocenters. The fraction of sp³-hybridized carbons (Fsp3) is 0.0476. The quantitative estimate of drug-likeness (QED) is 0.307. The van der Waals surface area contributed by atoms with Crippen LogP contribution in [0.15, 0.2) is 71.8 Å². The molecule has 0 atom stereocenters. The molecule has 0 radical (unpaired) electrons. The van der Waals surface area contributed by atoms with Crippen molar-refractivity contribution in [2.24, 2.45) is 5.10 Å². The van der Waals surface area contributed by atoms with Gasteiger partial charge in [-0.05, 0) is 36.4 Å². The number of hydrogen-bond donors (Lipinski definition) is 2. The van der Waals surface area contributed by atoms with Crippen molar-refractivity contribution in [3.8, 4) is 5.75 Å². The van der Waals surface area contributed by atoms with Crippen molar-refractivity contribution in [2.45, 2.75) is 6.61 Å². The van der Waals surface area contributed by atoms with Crippen LogP contribution in [0.3, 0.4) is 0 Å². The number of H-pyrrole nitrogens is 1. The second-order valence-corrected chi connectivity index (χ2v) is 6.88. The summed E-state index contributed by atoms with van der Waals surface area (Å²) in [6.07, 6.45) is 1.69. The number of halogens is 2. The molecule has 2 N–H and O–H groups in total. The predicted molar refractivity (Wildman–Crippen MR) is 115 cm³/mol. The molecule has 5 nitrogen and oxygen atoms in total. The van der Waals surface area contributed by atoms with Gasteiger partial charge in [0.15, 0.2) is 0 Å². The van der Waals surface area contributed by atoms with E-state index in [4.69, 9.17) is 27.9 Å². The number of benzene rings is 3. The first kappa shape index (κ1) is 18.3. The van der Waals surface area contributed by atoms with Gasteiger partial charge in [-0.15, -0.1) is 0 Å². The Morgan fingerprint density at radius 1 is 1.04 bits per heavy atom. The highest BCUT2D eigenvalue weighted by molar-refractivity contribution is 6.35. The van der Waals surface area contributed by atoms with E-state index in [2.05, 4.69) is 20.5 Å². The Hall–Kier alpha value is -3.02. The van der Waals surface area contributed by atoms with Crippen molar-refractivity contribution in [2.75, 3.05) is 5.43 Å². The van der Waals surface area contributed by atoms with Gasteiger partial charge in [0.1, 0.15) is 12.4 Å². The third-order valence-electron chi connectivity index (χ3n) is 4.08. The lowest BCUT2D eigenvalue weighted by Crippen LogP contribution is -2.00. The van der Waals surface area contributed by atoms with Gasteiger partial charge in [0.05, 0.1) is 17.2 Å². The van der Waals surface area contributed by atoms with Crippen LogP contribution in [0.5, 0.6) is 5.75 Å². The van der Waals surface area contributed by atoms with Gasteiger partial charge in [-0.25, -0.2) is 10.4 Å². The molecule has 4 rings (SSSR count). The second-order valence-electron chi connectivity index (χ2n) is 6.03. The number of nitrogens with one attached hydrogen (secondary N) is 2. The van der Waals surface area contributed by atoms with Crippen molar-refractivity contribution in [1.29, 1.82) is 0 Å². The van der Waals surface area contributed by atoms with Gasteiger partial charge < -0.3 is 9.72 Å². The molecule has 0 bridgehead atoms. The highest BCUT2D eigenvalue weighted by Gasteiger charge is 2.05. The predicted octanol–water partition coefficient (Wildman–Crippen LogP) is 5.89. The van der Waals surface area contributed by atoms with Crippen LogP contribution >= 0.6 is 23.2 Å². The van der Waals surface area contributed by atoms with Crippen molar-refractivity contribution in [3.05, 3.63) is 87.9 Å². The molecule has 1 heterocycles. The Labute approximate surface area is 172 Å². The van der Waals surface area contributed by atoms with E-state index in [9.17, 15) is 0 Å². The molecular weight excluding hydrogens is 395 g/mol. The number of hydrogen-bond acceptors (Lipinski definition) is 4. The Balaban J connectivity index is 1.45. The Morgan fingerprint density at radius 2 is 1.86 bits per heavy atom. The van der Waals surface area contributed by atoms with E-state index in [1.54, 1.807) is 18.3 Å². The van der Waals surface area contributed by atoms with Crippen LogP contribution in [0.25, 0.3) is 11.0 Å². The Morgan fingerprint density at radius 3 is 2.71 bits per heavy atom. The first-order chi connectivity index (χ1) is 13.7. The number of imidazole rings is 1. The largest absolute Gasteiger partial charge is 0.488 e. The van der Waals surface area contributed by atoms with Crippen LogP contribution in [-0.2, 0) is 6.61 Å². The topological polar surface area (TPSA) is 62.3 Å². The molecule has 0 aliphatic heterocycles. The summed E-state index contributed by atoms with van der Waals surface area (Å²) < 4.78 is 5.92. The lowest BCUT2D eigenvalue weighted by atomic mass is 10.2. The van der Waals surface area contributed by atoms with Gasteiger partial charge in [-0.2, -0.15) is 5.10 Å². The highest BCUT2D eigenvalue weighted by atomic mass is 35.5. The Kier molecular flexibility index (Phi) is 5.46. The molecule has 7 heteroatoms. The molecule has 28 heavy (non-hydrogen) atoms. The monoisotopic (exact) mass is 410 g/mol. The zero-order chi connectivity index (χ0) is 19.3. The first-order valence-electron chi connectivity index (χ1n) is 8.58. The van der Waals surface area contributed by atoms with Gasteiger partial charge in [0.2, 0.25) is 5.95 Å². The molecule has 0 saturated carbocycles. The summed E-state index contributed by atoms with van der Waals surface area (Å²) in [5, 5.41) is 5.43. The van der Waals surface area contributed by atoms with Gasteiger partial charge >= 0.3 is 0 Å². The zero-order valence-electron chi connectivity index (χ0n) is 14.7. The first-order valence-corrected chi connectivity index (χ1v) is 9.34. The fourth-order valence-electron chi connectivity index (χ4n) is 2.68. The van der Waals surface area contributed by atoms with Gasteiger partial charge in [-0.1, -0.05) is 53.5 Å². The van der Waals surface area contributed by atoms with Gasteiger partial charge in [0, 0.05) is 21.2 Å². The third-order valence-corrected chi connectivity index (χ3v) is 4.67. The molecule has 140 valence electrons. The number of para-hydroxylation sites is 3. The number of rotatable bonds is 6. The second kappa shape index (κ2) is 8.33. The van der Waals surface area contributed by atoms with Crippen molar-refractivity contribution < 1.29 is 4.74 Å². The van der Waals surface area contributed by atoms with E-state index in [0.717, 1.165) is 22.2 Å². The zero-order valence-corrected chi connectivity index (χ0v) is 16.2. The lowest BCUT2D eigenvalue weighted by Gasteiger charge is -2.10. The standard InChI is InChI=1S/C21H16Cl2N4O/c22-16-10-9-15(17(23)11-16)13-28-20-8-4-1-5-14(20)12-24-27-21-25-18-6-2-3-7-19(18)26-21/h1-12H,13H2,(H2,25,26,27)/b24-12-. The van der Waals surface area contributed by atoms with Crippen LogP contribution in [0.1, 0.15) is 11.1 Å². The van der Waals surface area contributed by atoms with E-state index in [1.807, 2.05) is 54.6 Å². The number of ether oxygens (including phenoxy) is 1. The third kappa shape index (κ3) is 4.27. The van der Waals surface area contributed by atoms with Crippen molar-refractivity contribution in [3.63, 3.8) is 0 Å². The number of anilines is 1. The highest BCUT2D eigenvalue weighted by Crippen LogP contribution is 2.24. The molecule has 4 aromatic rings. The Bertz CT molecular complexity index is 1110. The minimum Gasteiger partial charge on any atom is -0.488 e. The minimum absolute atomic E-state index is 0.331. The lowest BCUT2D eigenvalue weighted by molar-refractivity contribution is 0.306. The van der Waals surface area contributed by atoms with Crippen LogP contribution in [0.2, 0.25) is 10.0 Å². The maximum Gasteiger partial charge on any atom is 0.222 e. The summed E-state index contributed by atoms with van der Waals surface area (Å²) in [7, 11) is 0. The van der Waals surface area contributed by atoms with E-state index >= 15 is 0 Å². The van der Waals surface area contributed by atoms with Crippen LogP contribution in [0, 0.1) is 0 Å². The van der Waals surface area contributed by atoms with Crippen LogP contribution in [-0.4, -0.2) is 16.2 Å². The maximum absolute atomic E-state index is 6.21. The summed E-state index contributed by atoms with van der Waals surface area (Å²) in [6.45, 7) is 0.331. The number of aromatic nitrogens is 2. The van der Waals surface area contributed by atoms with Crippen LogP contribution in [0.4, 0.5) is 5.95 Å². The SMILES string of the molecule is Clc1ccc(COc2ccccc2/C=N\Nc2nc3ccccc3[nH]2)c(Cl)c1. The average Bonchev–Trinajstić information content (AvgIpc) is 3.11. The van der Waals surface area contributed by atoms with E-state index < -0.39 is 0 Å². The molecular formula is C21H16Cl2N4O. The maximum atomic E-state index is 6.21. The van der Waals surface area contributed by atoms with Crippen LogP contribution < -0.4 is 10.2 Å². The molecule has 0 aliphatic carbocycles. The molecule has 0 fully saturated rings. The molecule has 1 aromatic heterocycles. The number of aromatic amines is 1. The normalized spacial score (nSPS) is 11.2.